The number of nitrogens with one attached hydrogen (secondary N) is 1. The fourth-order valence-electron chi connectivity index (χ4n) is 2.88. The predicted molar refractivity (Wildman–Crippen MR) is 82.5 cm³/mol. The van der Waals surface area contributed by atoms with Gasteiger partial charge in [0.2, 0.25) is 5.91 Å². The highest BCUT2D eigenvalue weighted by atomic mass is 16.5. The Morgan fingerprint density at radius 1 is 1.43 bits per heavy atom. The molecule has 0 saturated heterocycles. The molecule has 5 nitrogen and oxygen atoms in total. The third-order valence-electron chi connectivity index (χ3n) is 3.96. The first-order valence-corrected chi connectivity index (χ1v) is 7.39. The monoisotopic (exact) mass is 292 g/mol. The van der Waals surface area contributed by atoms with Gasteiger partial charge in [0, 0.05) is 6.54 Å². The SMILES string of the molecule is COc1ccccc1NC(=O)CN(C)CC1CCCC1O. The Kier molecular flexibility index (Phi) is 5.59. The minimum Gasteiger partial charge on any atom is -0.495 e. The lowest BCUT2D eigenvalue weighted by atomic mass is 10.1. The van der Waals surface area contributed by atoms with Crippen LogP contribution >= 0.6 is 0 Å². The number of ether oxygens (including phenoxy) is 1. The quantitative estimate of drug-likeness (QED) is 0.838. The highest BCUT2D eigenvalue weighted by Crippen LogP contribution is 2.26. The number of aliphatic hydroxyl groups is 1. The number of carbonyl (C=O) groups is 1. The van der Waals surface area contributed by atoms with Crippen LogP contribution in [0.2, 0.25) is 0 Å². The summed E-state index contributed by atoms with van der Waals surface area (Å²) < 4.78 is 5.21. The standard InChI is InChI=1S/C16H24N2O3/c1-18(10-12-6-5-8-14(12)19)11-16(20)17-13-7-3-4-9-15(13)21-2/h3-4,7,9,12,14,19H,5-6,8,10-11H2,1-2H3,(H,17,20). The first-order chi connectivity index (χ1) is 10.1. The summed E-state index contributed by atoms with van der Waals surface area (Å²) in [5, 5.41) is 12.7. The number of anilines is 1. The van der Waals surface area contributed by atoms with Gasteiger partial charge in [0.15, 0.2) is 0 Å². The van der Waals surface area contributed by atoms with E-state index in [1.807, 2.05) is 36.2 Å². The van der Waals surface area contributed by atoms with Crippen LogP contribution in [0.25, 0.3) is 0 Å². The number of hydrogen-bond acceptors (Lipinski definition) is 4. The van der Waals surface area contributed by atoms with Crippen LogP contribution in [0.1, 0.15) is 19.3 Å². The molecule has 1 aromatic rings. The number of nitrogens with zero attached hydrogens (tertiary/aromatic N) is 1. The van der Waals surface area contributed by atoms with Crippen molar-refractivity contribution in [3.05, 3.63) is 24.3 Å². The maximum Gasteiger partial charge on any atom is 0.238 e. The molecule has 0 spiro atoms. The van der Waals surface area contributed by atoms with Crippen molar-refractivity contribution >= 4 is 11.6 Å². The van der Waals surface area contributed by atoms with Gasteiger partial charge in [-0.05, 0) is 37.9 Å². The van der Waals surface area contributed by atoms with E-state index >= 15 is 0 Å². The molecule has 0 aliphatic heterocycles. The molecule has 2 N–H and O–H groups in total. The second kappa shape index (κ2) is 7.43. The number of methoxy groups -OCH3 is 1. The maximum atomic E-state index is 12.1. The van der Waals surface area contributed by atoms with Gasteiger partial charge in [0.25, 0.3) is 0 Å². The molecule has 1 aromatic carbocycles. The molecule has 1 fully saturated rings. The lowest BCUT2D eigenvalue weighted by Gasteiger charge is -2.22. The number of aliphatic hydroxyl groups excluding tert-OH is 1. The van der Waals surface area contributed by atoms with Crippen LogP contribution in [-0.2, 0) is 4.79 Å². The molecular weight excluding hydrogens is 268 g/mol. The minimum absolute atomic E-state index is 0.0745. The molecule has 5 heteroatoms. The molecule has 1 amide bonds. The van der Waals surface area contributed by atoms with Crippen molar-refractivity contribution in [3.63, 3.8) is 0 Å². The fraction of sp³-hybridized carbons (Fsp3) is 0.562. The molecule has 2 atom stereocenters. The molecule has 0 bridgehead atoms. The van der Waals surface area contributed by atoms with E-state index in [1.165, 1.54) is 0 Å². The van der Waals surface area contributed by atoms with Gasteiger partial charge in [0.1, 0.15) is 5.75 Å². The van der Waals surface area contributed by atoms with Gasteiger partial charge >= 0.3 is 0 Å². The molecule has 1 aliphatic rings. The zero-order valence-electron chi connectivity index (χ0n) is 12.7. The number of para-hydroxylation sites is 2. The first kappa shape index (κ1) is 15.8. The second-order valence-electron chi connectivity index (χ2n) is 5.70. The van der Waals surface area contributed by atoms with Gasteiger partial charge in [-0.25, -0.2) is 0 Å². The molecule has 1 aliphatic carbocycles. The van der Waals surface area contributed by atoms with E-state index in [4.69, 9.17) is 4.74 Å². The maximum absolute atomic E-state index is 12.1. The van der Waals surface area contributed by atoms with Crippen LogP contribution in [0.4, 0.5) is 5.69 Å². The second-order valence-corrected chi connectivity index (χ2v) is 5.70. The third-order valence-corrected chi connectivity index (χ3v) is 3.96. The Hall–Kier alpha value is -1.59. The summed E-state index contributed by atoms with van der Waals surface area (Å²) in [6.45, 7) is 1.06. The van der Waals surface area contributed by atoms with Crippen molar-refractivity contribution in [3.8, 4) is 5.75 Å². The van der Waals surface area contributed by atoms with Gasteiger partial charge in [-0.2, -0.15) is 0 Å². The van der Waals surface area contributed by atoms with Gasteiger partial charge in [-0.3, -0.25) is 9.69 Å². The first-order valence-electron chi connectivity index (χ1n) is 7.39. The van der Waals surface area contributed by atoms with E-state index < -0.39 is 0 Å². The molecule has 0 heterocycles. The highest BCUT2D eigenvalue weighted by molar-refractivity contribution is 5.93. The van der Waals surface area contributed by atoms with Crippen LogP contribution in [0, 0.1) is 5.92 Å². The fourth-order valence-corrected chi connectivity index (χ4v) is 2.88. The van der Waals surface area contributed by atoms with Crippen LogP contribution < -0.4 is 10.1 Å². The zero-order valence-corrected chi connectivity index (χ0v) is 12.7. The van der Waals surface area contributed by atoms with Crippen molar-refractivity contribution in [2.45, 2.75) is 25.4 Å². The summed E-state index contributed by atoms with van der Waals surface area (Å²) in [5.74, 6) is 0.864. The summed E-state index contributed by atoms with van der Waals surface area (Å²) in [5.41, 5.74) is 0.680. The van der Waals surface area contributed by atoms with Crippen LogP contribution in [-0.4, -0.2) is 49.3 Å². The van der Waals surface area contributed by atoms with Gasteiger partial charge in [0.05, 0.1) is 25.4 Å². The number of likely N-dealkylation sites (N-methyl/N-ethyl adjacent to an activating group) is 1. The van der Waals surface area contributed by atoms with E-state index in [1.54, 1.807) is 7.11 Å². The van der Waals surface area contributed by atoms with Gasteiger partial charge in [-0.1, -0.05) is 18.6 Å². The molecule has 2 unspecified atom stereocenters. The van der Waals surface area contributed by atoms with E-state index in [9.17, 15) is 9.90 Å². The number of benzene rings is 1. The summed E-state index contributed by atoms with van der Waals surface area (Å²) in [7, 11) is 3.49. The molecule has 116 valence electrons. The Balaban J connectivity index is 1.83. The van der Waals surface area contributed by atoms with Gasteiger partial charge < -0.3 is 15.2 Å². The Bertz CT molecular complexity index is 478. The molecule has 0 aromatic heterocycles. The topological polar surface area (TPSA) is 61.8 Å². The zero-order chi connectivity index (χ0) is 15.2. The Morgan fingerprint density at radius 3 is 2.86 bits per heavy atom. The van der Waals surface area contributed by atoms with E-state index in [-0.39, 0.29) is 17.9 Å². The van der Waals surface area contributed by atoms with Crippen molar-refractivity contribution in [1.29, 1.82) is 0 Å². The minimum atomic E-state index is -0.218. The number of carbonyl (C=O) groups excluding carboxylic acids is 1. The third kappa shape index (κ3) is 4.44. The highest BCUT2D eigenvalue weighted by Gasteiger charge is 2.26. The van der Waals surface area contributed by atoms with E-state index in [0.717, 1.165) is 25.8 Å². The lowest BCUT2D eigenvalue weighted by molar-refractivity contribution is -0.117. The predicted octanol–water partition coefficient (Wildman–Crippen LogP) is 1.73. The molecular formula is C16H24N2O3. The largest absolute Gasteiger partial charge is 0.495 e. The van der Waals surface area contributed by atoms with E-state index in [2.05, 4.69) is 5.32 Å². The van der Waals surface area contributed by atoms with Crippen LogP contribution in [0.3, 0.4) is 0 Å². The van der Waals surface area contributed by atoms with E-state index in [0.29, 0.717) is 18.0 Å². The average molecular weight is 292 g/mol. The van der Waals surface area contributed by atoms with Crippen LogP contribution in [0.5, 0.6) is 5.75 Å². The molecule has 1 saturated carbocycles. The smallest absolute Gasteiger partial charge is 0.238 e. The lowest BCUT2D eigenvalue weighted by Crippen LogP contribution is -2.35. The summed E-state index contributed by atoms with van der Waals surface area (Å²) >= 11 is 0. The summed E-state index contributed by atoms with van der Waals surface area (Å²) in [4.78, 5) is 14.0. The molecule has 2 rings (SSSR count). The van der Waals surface area contributed by atoms with Crippen molar-refractivity contribution in [1.82, 2.24) is 4.90 Å². The average Bonchev–Trinajstić information content (AvgIpc) is 2.84. The Morgan fingerprint density at radius 2 is 2.19 bits per heavy atom. The Labute approximate surface area is 125 Å². The normalized spacial score (nSPS) is 21.5. The molecule has 0 radical (unpaired) electrons. The summed E-state index contributed by atoms with van der Waals surface area (Å²) in [6.07, 6.45) is 2.78. The summed E-state index contributed by atoms with van der Waals surface area (Å²) in [6, 6.07) is 7.35. The van der Waals surface area contributed by atoms with Gasteiger partial charge in [-0.15, -0.1) is 0 Å². The van der Waals surface area contributed by atoms with Crippen LogP contribution in [0.15, 0.2) is 24.3 Å². The van der Waals surface area contributed by atoms with Crippen molar-refractivity contribution in [2.75, 3.05) is 32.6 Å². The molecule has 21 heavy (non-hydrogen) atoms. The number of hydrogen-bond donors (Lipinski definition) is 2. The van der Waals surface area contributed by atoms with Crippen molar-refractivity contribution in [2.24, 2.45) is 5.92 Å². The van der Waals surface area contributed by atoms with Crippen molar-refractivity contribution < 1.29 is 14.6 Å². The number of amides is 1. The number of rotatable bonds is 6.